The van der Waals surface area contributed by atoms with Gasteiger partial charge in [0.1, 0.15) is 0 Å². The summed E-state index contributed by atoms with van der Waals surface area (Å²) in [4.78, 5) is 38.5. The van der Waals surface area contributed by atoms with Gasteiger partial charge in [-0.1, -0.05) is 11.6 Å². The molecule has 0 spiro atoms. The van der Waals surface area contributed by atoms with Gasteiger partial charge in [0.25, 0.3) is 5.78 Å². The normalized spacial score (nSPS) is 23.8. The van der Waals surface area contributed by atoms with Crippen molar-refractivity contribution in [2.45, 2.75) is 12.8 Å². The molecule has 6 nitrogen and oxygen atoms in total. The van der Waals surface area contributed by atoms with E-state index in [2.05, 4.69) is 0 Å². The molecule has 1 fully saturated rings. The Bertz CT molecular complexity index is 668. The maximum atomic E-state index is 12.2. The van der Waals surface area contributed by atoms with Crippen LogP contribution >= 0.6 is 11.6 Å². The number of likely N-dealkylation sites (tertiary alicyclic amines) is 1. The molecule has 0 aromatic heterocycles. The highest BCUT2D eigenvalue weighted by atomic mass is 35.5. The first kappa shape index (κ1) is 16.0. The standard InChI is InChI=1S/C16H17ClN2O4/c1-23-16(22)10-4-6-18(7-5-10)9-19-13-3-2-11(17)8-12(13)14(20)15(19)21/h2-3,8,10H,4-7,9H2,1H3/p+1. The smallest absolute Gasteiger partial charge is 0.309 e. The van der Waals surface area contributed by atoms with E-state index in [1.54, 1.807) is 12.1 Å². The van der Waals surface area contributed by atoms with Crippen LogP contribution in [0.5, 0.6) is 0 Å². The molecule has 1 aromatic rings. The molecule has 3 rings (SSSR count). The highest BCUT2D eigenvalue weighted by Gasteiger charge is 2.39. The summed E-state index contributed by atoms with van der Waals surface area (Å²) in [5.41, 5.74) is 0.985. The molecule has 1 saturated heterocycles. The van der Waals surface area contributed by atoms with Crippen molar-refractivity contribution < 1.29 is 24.0 Å². The van der Waals surface area contributed by atoms with E-state index in [0.717, 1.165) is 25.9 Å². The molecule has 0 unspecified atom stereocenters. The Labute approximate surface area is 138 Å². The number of ether oxygens (including phenoxy) is 1. The van der Waals surface area contributed by atoms with Crippen LogP contribution < -0.4 is 9.80 Å². The number of amides is 1. The fourth-order valence-electron chi connectivity index (χ4n) is 3.24. The molecular formula is C16H18ClN2O4+. The molecule has 2 heterocycles. The molecule has 0 saturated carbocycles. The molecule has 2 aliphatic heterocycles. The van der Waals surface area contributed by atoms with Crippen molar-refractivity contribution in [1.29, 1.82) is 0 Å². The molecule has 0 bridgehead atoms. The average Bonchev–Trinajstić information content (AvgIpc) is 2.79. The van der Waals surface area contributed by atoms with Crippen LogP contribution in [0.15, 0.2) is 18.2 Å². The molecular weight excluding hydrogens is 320 g/mol. The second-order valence-corrected chi connectivity index (χ2v) is 6.37. The van der Waals surface area contributed by atoms with Crippen LogP contribution in [0.2, 0.25) is 5.02 Å². The maximum Gasteiger partial charge on any atom is 0.309 e. The number of nitrogens with zero attached hydrogens (tertiary/aromatic N) is 1. The number of rotatable bonds is 3. The third-order valence-electron chi connectivity index (χ3n) is 4.54. The summed E-state index contributed by atoms with van der Waals surface area (Å²) < 4.78 is 4.78. The molecule has 0 atom stereocenters. The lowest BCUT2D eigenvalue weighted by Crippen LogP contribution is -3.14. The van der Waals surface area contributed by atoms with Crippen LogP contribution in [-0.4, -0.2) is 44.5 Å². The number of benzene rings is 1. The molecule has 1 aromatic carbocycles. The second kappa shape index (κ2) is 6.29. The van der Waals surface area contributed by atoms with Gasteiger partial charge in [-0.2, -0.15) is 0 Å². The fourth-order valence-corrected chi connectivity index (χ4v) is 3.41. The summed E-state index contributed by atoms with van der Waals surface area (Å²) in [5, 5.41) is 0.443. The Morgan fingerprint density at radius 3 is 2.70 bits per heavy atom. The number of anilines is 1. The van der Waals surface area contributed by atoms with Crippen LogP contribution in [0.25, 0.3) is 0 Å². The zero-order valence-corrected chi connectivity index (χ0v) is 13.6. The number of hydrogen-bond donors (Lipinski definition) is 1. The molecule has 0 aliphatic carbocycles. The summed E-state index contributed by atoms with van der Waals surface area (Å²) in [6.07, 6.45) is 1.46. The molecule has 2 aliphatic rings. The Balaban J connectivity index is 1.69. The van der Waals surface area contributed by atoms with E-state index in [9.17, 15) is 14.4 Å². The number of nitrogens with one attached hydrogen (secondary N) is 1. The number of Topliss-reactive ketones (excluding diaryl/α,β-unsaturated/α-hetero) is 1. The highest BCUT2D eigenvalue weighted by molar-refractivity contribution is 6.52. The SMILES string of the molecule is COC(=O)C1CC[NH+](CN2C(=O)C(=O)c3cc(Cl)ccc32)CC1. The summed E-state index contributed by atoms with van der Waals surface area (Å²) in [7, 11) is 1.40. The van der Waals surface area contributed by atoms with Crippen molar-refractivity contribution in [3.8, 4) is 0 Å². The van der Waals surface area contributed by atoms with E-state index in [4.69, 9.17) is 16.3 Å². The third-order valence-corrected chi connectivity index (χ3v) is 4.78. The number of piperidine rings is 1. The second-order valence-electron chi connectivity index (χ2n) is 5.93. The summed E-state index contributed by atoms with van der Waals surface area (Å²) in [6, 6.07) is 4.93. The van der Waals surface area contributed by atoms with E-state index < -0.39 is 11.7 Å². The quantitative estimate of drug-likeness (QED) is 0.636. The zero-order valence-electron chi connectivity index (χ0n) is 12.8. The van der Waals surface area contributed by atoms with Gasteiger partial charge in [0.05, 0.1) is 37.4 Å². The van der Waals surface area contributed by atoms with E-state index in [1.807, 2.05) is 0 Å². The maximum absolute atomic E-state index is 12.2. The topological polar surface area (TPSA) is 68.1 Å². The number of hydrogen-bond acceptors (Lipinski definition) is 4. The minimum absolute atomic E-state index is 0.0641. The van der Waals surface area contributed by atoms with Gasteiger partial charge in [-0.05, 0) is 18.2 Å². The van der Waals surface area contributed by atoms with Crippen molar-refractivity contribution in [1.82, 2.24) is 0 Å². The molecule has 23 heavy (non-hydrogen) atoms. The van der Waals surface area contributed by atoms with E-state index >= 15 is 0 Å². The lowest BCUT2D eigenvalue weighted by molar-refractivity contribution is -0.904. The largest absolute Gasteiger partial charge is 0.469 e. The van der Waals surface area contributed by atoms with Gasteiger partial charge in [0.15, 0.2) is 6.67 Å². The van der Waals surface area contributed by atoms with Crippen LogP contribution in [0.3, 0.4) is 0 Å². The Morgan fingerprint density at radius 2 is 2.04 bits per heavy atom. The predicted octanol–water partition coefficient (Wildman–Crippen LogP) is 0.295. The number of carbonyl (C=O) groups excluding carboxylic acids is 3. The minimum Gasteiger partial charge on any atom is -0.469 e. The third kappa shape index (κ3) is 2.96. The van der Waals surface area contributed by atoms with E-state index in [-0.39, 0.29) is 11.9 Å². The number of halogens is 1. The first-order valence-corrected chi connectivity index (χ1v) is 7.96. The van der Waals surface area contributed by atoms with E-state index in [1.165, 1.54) is 23.0 Å². The van der Waals surface area contributed by atoms with Gasteiger partial charge < -0.3 is 9.64 Å². The van der Waals surface area contributed by atoms with Gasteiger partial charge in [0, 0.05) is 17.9 Å². The van der Waals surface area contributed by atoms with Crippen molar-refractivity contribution in [2.75, 3.05) is 31.8 Å². The number of fused-ring (bicyclic) bond motifs is 1. The predicted molar refractivity (Wildman–Crippen MR) is 83.6 cm³/mol. The Hall–Kier alpha value is -1.92. The first-order chi connectivity index (χ1) is 11.0. The van der Waals surface area contributed by atoms with Crippen LogP contribution in [0.1, 0.15) is 23.2 Å². The number of ketones is 1. The molecule has 1 amide bonds. The Morgan fingerprint density at radius 1 is 1.35 bits per heavy atom. The van der Waals surface area contributed by atoms with Gasteiger partial charge in [0.2, 0.25) is 0 Å². The number of esters is 1. The molecule has 122 valence electrons. The lowest BCUT2D eigenvalue weighted by atomic mass is 9.97. The summed E-state index contributed by atoms with van der Waals surface area (Å²) in [6.45, 7) is 1.95. The van der Waals surface area contributed by atoms with Gasteiger partial charge >= 0.3 is 11.9 Å². The monoisotopic (exact) mass is 337 g/mol. The van der Waals surface area contributed by atoms with Gasteiger partial charge in [-0.15, -0.1) is 0 Å². The highest BCUT2D eigenvalue weighted by Crippen LogP contribution is 2.30. The summed E-state index contributed by atoms with van der Waals surface area (Å²) in [5.74, 6) is -1.25. The number of methoxy groups -OCH3 is 1. The van der Waals surface area contributed by atoms with Crippen LogP contribution in [0, 0.1) is 5.92 Å². The molecule has 1 N–H and O–H groups in total. The van der Waals surface area contributed by atoms with Crippen molar-refractivity contribution in [3.05, 3.63) is 28.8 Å². The van der Waals surface area contributed by atoms with Crippen LogP contribution in [0.4, 0.5) is 5.69 Å². The lowest BCUT2D eigenvalue weighted by Gasteiger charge is -2.30. The van der Waals surface area contributed by atoms with Crippen molar-refractivity contribution in [3.63, 3.8) is 0 Å². The first-order valence-electron chi connectivity index (χ1n) is 7.58. The Kier molecular flexibility index (Phi) is 4.37. The molecule has 7 heteroatoms. The van der Waals surface area contributed by atoms with Crippen molar-refractivity contribution in [2.24, 2.45) is 5.92 Å². The average molecular weight is 338 g/mol. The molecule has 0 radical (unpaired) electrons. The number of quaternary nitrogens is 1. The van der Waals surface area contributed by atoms with Crippen LogP contribution in [-0.2, 0) is 14.3 Å². The fraction of sp³-hybridized carbons (Fsp3) is 0.438. The summed E-state index contributed by atoms with van der Waals surface area (Å²) >= 11 is 5.90. The number of carbonyl (C=O) groups is 3. The van der Waals surface area contributed by atoms with E-state index in [0.29, 0.717) is 22.9 Å². The van der Waals surface area contributed by atoms with Crippen molar-refractivity contribution >= 4 is 34.9 Å². The minimum atomic E-state index is -0.509. The zero-order chi connectivity index (χ0) is 16.6. The van der Waals surface area contributed by atoms with Gasteiger partial charge in [-0.25, -0.2) is 0 Å². The van der Waals surface area contributed by atoms with Gasteiger partial charge in [-0.3, -0.25) is 19.3 Å².